The lowest BCUT2D eigenvalue weighted by Gasteiger charge is -2.24. The molecule has 0 aliphatic carbocycles. The number of hydrogen-bond donors (Lipinski definition) is 1. The predicted octanol–water partition coefficient (Wildman–Crippen LogP) is 1.46. The highest BCUT2D eigenvalue weighted by molar-refractivity contribution is 7.18. The van der Waals surface area contributed by atoms with Crippen molar-refractivity contribution in [3.63, 3.8) is 0 Å². The summed E-state index contributed by atoms with van der Waals surface area (Å²) in [6, 6.07) is 6.68. The van der Waals surface area contributed by atoms with Gasteiger partial charge in [0.15, 0.2) is 0 Å². The predicted molar refractivity (Wildman–Crippen MR) is 89.8 cm³/mol. The van der Waals surface area contributed by atoms with E-state index in [-0.39, 0.29) is 0 Å². The number of thiazole rings is 1. The van der Waals surface area contributed by atoms with Gasteiger partial charge in [-0.1, -0.05) is 6.07 Å². The van der Waals surface area contributed by atoms with Gasteiger partial charge < -0.3 is 5.11 Å². The zero-order valence-electron chi connectivity index (χ0n) is 12.9. The molecule has 2 aliphatic rings. The topological polar surface area (TPSA) is 39.1 Å². The van der Waals surface area contributed by atoms with Crippen molar-refractivity contribution in [2.45, 2.75) is 19.8 Å². The maximum atomic E-state index is 8.89. The highest BCUT2D eigenvalue weighted by atomic mass is 32.1. The van der Waals surface area contributed by atoms with Crippen LogP contribution in [0.15, 0.2) is 18.2 Å². The van der Waals surface area contributed by atoms with Crippen molar-refractivity contribution >= 4 is 33.0 Å². The SMILES string of the molecule is Cc1nc2cc(CC[N+]3=C4C[N+](CCCO)=C4C3)ccc2s1. The van der Waals surface area contributed by atoms with E-state index in [1.807, 2.05) is 0 Å². The third kappa shape index (κ3) is 2.38. The standard InChI is InChI=1S/C17H21N3OS/c1-12-18-14-9-13(3-4-17(14)22-12)5-7-20-11-15-16(20)10-19(15)6-2-8-21/h3-4,9,21H,2,5-8,10-11H2,1H3/q+2. The van der Waals surface area contributed by atoms with Crippen LogP contribution in [0, 0.1) is 6.92 Å². The van der Waals surface area contributed by atoms with Gasteiger partial charge in [-0.15, -0.1) is 11.3 Å². The van der Waals surface area contributed by atoms with Gasteiger partial charge in [-0.05, 0) is 24.6 Å². The Labute approximate surface area is 134 Å². The molecule has 4 rings (SSSR count). The minimum absolute atomic E-state index is 0.293. The highest BCUT2D eigenvalue weighted by Crippen LogP contribution is 2.22. The van der Waals surface area contributed by atoms with Crippen LogP contribution in [-0.4, -0.2) is 63.5 Å². The van der Waals surface area contributed by atoms with Gasteiger partial charge in [-0.25, -0.2) is 14.1 Å². The summed E-state index contributed by atoms with van der Waals surface area (Å²) in [5.74, 6) is 0. The van der Waals surface area contributed by atoms with Crippen molar-refractivity contribution in [1.82, 2.24) is 4.98 Å². The van der Waals surface area contributed by atoms with Gasteiger partial charge in [-0.3, -0.25) is 0 Å². The fourth-order valence-corrected chi connectivity index (χ4v) is 4.12. The first-order valence-electron chi connectivity index (χ1n) is 7.93. The van der Waals surface area contributed by atoms with E-state index < -0.39 is 0 Å². The van der Waals surface area contributed by atoms with Crippen LogP contribution in [0.2, 0.25) is 0 Å². The third-order valence-electron chi connectivity index (χ3n) is 4.59. The molecule has 0 spiro atoms. The molecular formula is C17H21N3OS+2. The molecule has 22 heavy (non-hydrogen) atoms. The summed E-state index contributed by atoms with van der Waals surface area (Å²) in [4.78, 5) is 4.58. The van der Waals surface area contributed by atoms with Gasteiger partial charge >= 0.3 is 11.4 Å². The molecule has 1 aromatic carbocycles. The van der Waals surface area contributed by atoms with Gasteiger partial charge in [0.25, 0.3) is 0 Å². The van der Waals surface area contributed by atoms with Crippen molar-refractivity contribution < 1.29 is 14.3 Å². The van der Waals surface area contributed by atoms with Crippen LogP contribution in [-0.2, 0) is 6.42 Å². The summed E-state index contributed by atoms with van der Waals surface area (Å²) in [6.07, 6.45) is 1.96. The van der Waals surface area contributed by atoms with Crippen molar-refractivity contribution in [3.05, 3.63) is 28.8 Å². The number of rotatable bonds is 6. The number of aliphatic hydroxyl groups is 1. The third-order valence-corrected chi connectivity index (χ3v) is 5.55. The van der Waals surface area contributed by atoms with Gasteiger partial charge in [0.05, 0.1) is 15.2 Å². The molecule has 2 aromatic rings. The van der Waals surface area contributed by atoms with Crippen LogP contribution in [0.25, 0.3) is 10.2 Å². The van der Waals surface area contributed by atoms with E-state index in [2.05, 4.69) is 39.3 Å². The zero-order valence-corrected chi connectivity index (χ0v) is 13.7. The lowest BCUT2D eigenvalue weighted by molar-refractivity contribution is -0.604. The summed E-state index contributed by atoms with van der Waals surface area (Å²) in [5, 5.41) is 10.0. The average Bonchev–Trinajstić information content (AvgIpc) is 2.86. The fourth-order valence-electron chi connectivity index (χ4n) is 3.31. The molecule has 0 saturated heterocycles. The molecule has 114 valence electrons. The fraction of sp³-hybridized carbons (Fsp3) is 0.471. The van der Waals surface area contributed by atoms with Gasteiger partial charge in [-0.2, -0.15) is 0 Å². The molecule has 4 nitrogen and oxygen atoms in total. The van der Waals surface area contributed by atoms with Gasteiger partial charge in [0, 0.05) is 19.4 Å². The molecule has 1 N–H and O–H groups in total. The monoisotopic (exact) mass is 315 g/mol. The quantitative estimate of drug-likeness (QED) is 0.820. The van der Waals surface area contributed by atoms with Gasteiger partial charge in [0.2, 0.25) is 13.1 Å². The molecule has 3 heterocycles. The Morgan fingerprint density at radius 3 is 2.68 bits per heavy atom. The second kappa shape index (κ2) is 5.56. The van der Waals surface area contributed by atoms with E-state index in [9.17, 15) is 0 Å². The minimum atomic E-state index is 0.293. The maximum Gasteiger partial charge on any atom is 0.316 e. The van der Waals surface area contributed by atoms with E-state index in [0.717, 1.165) is 49.5 Å². The number of nitrogens with zero attached hydrogens (tertiary/aromatic N) is 3. The minimum Gasteiger partial charge on any atom is -0.396 e. The van der Waals surface area contributed by atoms with Crippen LogP contribution in [0.4, 0.5) is 0 Å². The molecule has 0 radical (unpaired) electrons. The largest absolute Gasteiger partial charge is 0.396 e. The van der Waals surface area contributed by atoms with Crippen molar-refractivity contribution in [2.24, 2.45) is 0 Å². The maximum absolute atomic E-state index is 8.89. The molecule has 5 heteroatoms. The van der Waals surface area contributed by atoms with Crippen molar-refractivity contribution in [3.8, 4) is 0 Å². The van der Waals surface area contributed by atoms with Gasteiger partial charge in [0.1, 0.15) is 13.1 Å². The number of aromatic nitrogens is 1. The molecule has 0 atom stereocenters. The Morgan fingerprint density at radius 2 is 1.95 bits per heavy atom. The highest BCUT2D eigenvalue weighted by Gasteiger charge is 2.51. The van der Waals surface area contributed by atoms with E-state index in [1.54, 1.807) is 11.3 Å². The molecule has 0 bridgehead atoms. The first-order chi connectivity index (χ1) is 10.7. The van der Waals surface area contributed by atoms with E-state index in [4.69, 9.17) is 5.11 Å². The normalized spacial score (nSPS) is 16.8. The molecule has 0 saturated carbocycles. The Balaban J connectivity index is 1.40. The second-order valence-corrected chi connectivity index (χ2v) is 7.33. The number of benzene rings is 1. The first-order valence-corrected chi connectivity index (χ1v) is 8.75. The Bertz CT molecular complexity index is 803. The molecule has 0 amide bonds. The number of aryl methyl sites for hydroxylation is 1. The summed E-state index contributed by atoms with van der Waals surface area (Å²) in [7, 11) is 0. The van der Waals surface area contributed by atoms with Crippen molar-refractivity contribution in [2.75, 3.05) is 32.8 Å². The number of aliphatic hydroxyl groups excluding tert-OH is 1. The number of fused-ring (bicyclic) bond motifs is 2. The molecule has 0 fully saturated rings. The van der Waals surface area contributed by atoms with E-state index >= 15 is 0 Å². The van der Waals surface area contributed by atoms with E-state index in [0.29, 0.717) is 6.61 Å². The summed E-state index contributed by atoms with van der Waals surface area (Å²) < 4.78 is 6.17. The lowest BCUT2D eigenvalue weighted by Crippen LogP contribution is -2.62. The van der Waals surface area contributed by atoms with Crippen LogP contribution in [0.5, 0.6) is 0 Å². The molecule has 0 unspecified atom stereocenters. The first kappa shape index (κ1) is 14.0. The van der Waals surface area contributed by atoms with Crippen LogP contribution < -0.4 is 0 Å². The zero-order chi connectivity index (χ0) is 15.1. The van der Waals surface area contributed by atoms with Crippen LogP contribution in [0.3, 0.4) is 0 Å². The molecular weight excluding hydrogens is 294 g/mol. The average molecular weight is 315 g/mol. The summed E-state index contributed by atoms with van der Waals surface area (Å²) in [6.45, 7) is 6.61. The Morgan fingerprint density at radius 1 is 1.18 bits per heavy atom. The molecule has 1 aromatic heterocycles. The second-order valence-electron chi connectivity index (χ2n) is 6.10. The Kier molecular flexibility index (Phi) is 3.54. The van der Waals surface area contributed by atoms with Crippen LogP contribution >= 0.6 is 11.3 Å². The molecule has 2 aliphatic heterocycles. The van der Waals surface area contributed by atoms with E-state index in [1.165, 1.54) is 21.7 Å². The summed E-state index contributed by atoms with van der Waals surface area (Å²) in [5.41, 5.74) is 5.54. The smallest absolute Gasteiger partial charge is 0.316 e. The summed E-state index contributed by atoms with van der Waals surface area (Å²) >= 11 is 1.77. The van der Waals surface area contributed by atoms with Crippen LogP contribution in [0.1, 0.15) is 17.0 Å². The van der Waals surface area contributed by atoms with Crippen molar-refractivity contribution in [1.29, 1.82) is 0 Å². The Hall–Kier alpha value is -1.59. The number of hydrogen-bond acceptors (Lipinski definition) is 3. The lowest BCUT2D eigenvalue weighted by atomic mass is 9.99.